The van der Waals surface area contributed by atoms with Gasteiger partial charge in [0.1, 0.15) is 5.75 Å². The second-order valence-electron chi connectivity index (χ2n) is 4.90. The molecule has 106 valence electrons. The number of nitrogen functional groups attached to an aromatic ring is 1. The third-order valence-electron chi connectivity index (χ3n) is 3.66. The third kappa shape index (κ3) is 3.35. The van der Waals surface area contributed by atoms with E-state index in [-0.39, 0.29) is 12.6 Å². The molecule has 5 heteroatoms. The average molecular weight is 270 g/mol. The number of aryl methyl sites for hydroxylation is 1. The van der Waals surface area contributed by atoms with Crippen molar-refractivity contribution >= 4 is 5.69 Å². The van der Waals surface area contributed by atoms with Crippen LogP contribution in [-0.4, -0.2) is 26.1 Å². The van der Waals surface area contributed by atoms with E-state index in [0.29, 0.717) is 5.69 Å². The average Bonchev–Trinajstić information content (AvgIpc) is 2.59. The highest BCUT2D eigenvalue weighted by molar-refractivity contribution is 5.59. The Bertz CT molecular complexity index is 438. The van der Waals surface area contributed by atoms with Gasteiger partial charge in [-0.15, -0.1) is 0 Å². The topological polar surface area (TPSA) is 47.3 Å². The number of alkyl halides is 2. The van der Waals surface area contributed by atoms with Gasteiger partial charge in [0.25, 0.3) is 6.43 Å². The van der Waals surface area contributed by atoms with E-state index in [2.05, 4.69) is 5.32 Å². The van der Waals surface area contributed by atoms with Crippen molar-refractivity contribution in [3.05, 3.63) is 23.3 Å². The molecule has 0 bridgehead atoms. The Hall–Kier alpha value is -1.36. The zero-order chi connectivity index (χ0) is 13.8. The Balaban J connectivity index is 2.09. The number of nitrogens with two attached hydrogens (primary N) is 1. The fourth-order valence-electron chi connectivity index (χ4n) is 2.69. The van der Waals surface area contributed by atoms with Gasteiger partial charge in [0, 0.05) is 6.04 Å². The van der Waals surface area contributed by atoms with Crippen molar-refractivity contribution in [1.82, 2.24) is 5.32 Å². The monoisotopic (exact) mass is 270 g/mol. The van der Waals surface area contributed by atoms with E-state index in [0.717, 1.165) is 37.0 Å². The van der Waals surface area contributed by atoms with Crippen molar-refractivity contribution in [2.24, 2.45) is 0 Å². The van der Waals surface area contributed by atoms with Gasteiger partial charge in [0.05, 0.1) is 19.3 Å². The first kappa shape index (κ1) is 14.1. The molecule has 1 aromatic rings. The van der Waals surface area contributed by atoms with Crippen molar-refractivity contribution in [2.75, 3.05) is 19.4 Å². The number of ether oxygens (including phenoxy) is 1. The number of benzene rings is 1. The van der Waals surface area contributed by atoms with E-state index in [4.69, 9.17) is 10.5 Å². The summed E-state index contributed by atoms with van der Waals surface area (Å²) in [6.45, 7) is -0.236. The number of hydrogen-bond donors (Lipinski definition) is 2. The highest BCUT2D eigenvalue weighted by Crippen LogP contribution is 2.33. The molecule has 19 heavy (non-hydrogen) atoms. The van der Waals surface area contributed by atoms with Crippen LogP contribution in [0.5, 0.6) is 5.75 Å². The normalized spacial score (nSPS) is 19.1. The Kier molecular flexibility index (Phi) is 4.58. The number of methoxy groups -OCH3 is 1. The standard InChI is InChI=1S/C14H20F2N2O/c1-19-14-11-6-5-10(18-8-13(15)16)4-2-9(11)3-7-12(14)17/h3,7,10,13,18H,2,4-6,8,17H2,1H3. The van der Waals surface area contributed by atoms with Crippen molar-refractivity contribution in [3.63, 3.8) is 0 Å². The van der Waals surface area contributed by atoms with Crippen LogP contribution in [0.15, 0.2) is 12.1 Å². The molecule has 1 atom stereocenters. The van der Waals surface area contributed by atoms with E-state index in [9.17, 15) is 8.78 Å². The van der Waals surface area contributed by atoms with Crippen LogP contribution in [0.1, 0.15) is 24.0 Å². The summed E-state index contributed by atoms with van der Waals surface area (Å²) in [4.78, 5) is 0. The minimum Gasteiger partial charge on any atom is -0.494 e. The number of halogens is 2. The molecule has 0 fully saturated rings. The number of fused-ring (bicyclic) bond motifs is 1. The summed E-state index contributed by atoms with van der Waals surface area (Å²) in [7, 11) is 1.61. The largest absolute Gasteiger partial charge is 0.494 e. The number of nitrogens with one attached hydrogen (secondary N) is 1. The van der Waals surface area contributed by atoms with E-state index in [1.807, 2.05) is 12.1 Å². The number of hydrogen-bond acceptors (Lipinski definition) is 3. The molecule has 0 spiro atoms. The maximum absolute atomic E-state index is 12.2. The molecule has 0 amide bonds. The summed E-state index contributed by atoms with van der Waals surface area (Å²) in [5, 5.41) is 2.93. The van der Waals surface area contributed by atoms with Gasteiger partial charge in [0.2, 0.25) is 0 Å². The second-order valence-corrected chi connectivity index (χ2v) is 4.90. The van der Waals surface area contributed by atoms with Gasteiger partial charge in [-0.25, -0.2) is 8.78 Å². The molecule has 0 heterocycles. The molecule has 1 unspecified atom stereocenters. The Labute approximate surface area is 112 Å². The zero-order valence-electron chi connectivity index (χ0n) is 11.1. The molecule has 2 rings (SSSR count). The van der Waals surface area contributed by atoms with Crippen LogP contribution >= 0.6 is 0 Å². The summed E-state index contributed by atoms with van der Waals surface area (Å²) in [6, 6.07) is 4.00. The summed E-state index contributed by atoms with van der Waals surface area (Å²) >= 11 is 0. The predicted octanol–water partition coefficient (Wildman–Crippen LogP) is 2.38. The summed E-state index contributed by atoms with van der Waals surface area (Å²) in [5.74, 6) is 0.743. The first-order valence-electron chi connectivity index (χ1n) is 6.57. The van der Waals surface area contributed by atoms with Gasteiger partial charge in [-0.2, -0.15) is 0 Å². The molecule has 0 aromatic heterocycles. The van der Waals surface area contributed by atoms with E-state index < -0.39 is 6.43 Å². The fraction of sp³-hybridized carbons (Fsp3) is 0.571. The van der Waals surface area contributed by atoms with Gasteiger partial charge in [-0.1, -0.05) is 6.07 Å². The Morgan fingerprint density at radius 2 is 2.11 bits per heavy atom. The molecular formula is C14H20F2N2O. The molecular weight excluding hydrogens is 250 g/mol. The SMILES string of the molecule is COc1c(N)ccc2c1CCC(NCC(F)F)CC2. The first-order chi connectivity index (χ1) is 9.11. The quantitative estimate of drug-likeness (QED) is 0.652. The van der Waals surface area contributed by atoms with E-state index in [1.54, 1.807) is 7.11 Å². The second kappa shape index (κ2) is 6.19. The Morgan fingerprint density at radius 1 is 1.37 bits per heavy atom. The molecule has 1 aromatic carbocycles. The molecule has 0 aliphatic heterocycles. The minimum absolute atomic E-state index is 0.132. The van der Waals surface area contributed by atoms with Crippen molar-refractivity contribution in [2.45, 2.75) is 38.2 Å². The van der Waals surface area contributed by atoms with Crippen LogP contribution in [0.3, 0.4) is 0 Å². The van der Waals surface area contributed by atoms with Crippen LogP contribution in [-0.2, 0) is 12.8 Å². The fourth-order valence-corrected chi connectivity index (χ4v) is 2.69. The lowest BCUT2D eigenvalue weighted by molar-refractivity contribution is 0.140. The van der Waals surface area contributed by atoms with Crippen LogP contribution in [0.4, 0.5) is 14.5 Å². The van der Waals surface area contributed by atoms with E-state index >= 15 is 0 Å². The molecule has 1 aliphatic carbocycles. The van der Waals surface area contributed by atoms with Crippen molar-refractivity contribution in [3.8, 4) is 5.75 Å². The van der Waals surface area contributed by atoms with Crippen LogP contribution in [0, 0.1) is 0 Å². The third-order valence-corrected chi connectivity index (χ3v) is 3.66. The Morgan fingerprint density at radius 3 is 2.79 bits per heavy atom. The van der Waals surface area contributed by atoms with Crippen LogP contribution in [0.25, 0.3) is 0 Å². The predicted molar refractivity (Wildman–Crippen MR) is 71.8 cm³/mol. The highest BCUT2D eigenvalue weighted by atomic mass is 19.3. The van der Waals surface area contributed by atoms with Gasteiger partial charge in [-0.3, -0.25) is 0 Å². The van der Waals surface area contributed by atoms with Gasteiger partial charge >= 0.3 is 0 Å². The maximum Gasteiger partial charge on any atom is 0.250 e. The van der Waals surface area contributed by atoms with E-state index in [1.165, 1.54) is 5.56 Å². The zero-order valence-corrected chi connectivity index (χ0v) is 11.1. The molecule has 0 saturated carbocycles. The summed E-state index contributed by atoms with van der Waals surface area (Å²) in [6.07, 6.45) is 1.08. The summed E-state index contributed by atoms with van der Waals surface area (Å²) in [5.41, 5.74) is 8.88. The van der Waals surface area contributed by atoms with Crippen molar-refractivity contribution < 1.29 is 13.5 Å². The minimum atomic E-state index is -2.30. The van der Waals surface area contributed by atoms with Crippen LogP contribution in [0.2, 0.25) is 0 Å². The molecule has 3 nitrogen and oxygen atoms in total. The lowest BCUT2D eigenvalue weighted by Gasteiger charge is -2.15. The molecule has 0 radical (unpaired) electrons. The number of rotatable bonds is 4. The molecule has 1 aliphatic rings. The molecule has 3 N–H and O–H groups in total. The number of anilines is 1. The first-order valence-corrected chi connectivity index (χ1v) is 6.57. The molecule has 0 saturated heterocycles. The van der Waals surface area contributed by atoms with Gasteiger partial charge in [-0.05, 0) is 42.9 Å². The maximum atomic E-state index is 12.2. The lowest BCUT2D eigenvalue weighted by Crippen LogP contribution is -2.33. The summed E-state index contributed by atoms with van der Waals surface area (Å²) < 4.78 is 29.8. The van der Waals surface area contributed by atoms with Gasteiger partial charge < -0.3 is 15.8 Å². The van der Waals surface area contributed by atoms with Gasteiger partial charge in [0.15, 0.2) is 0 Å². The van der Waals surface area contributed by atoms with Crippen molar-refractivity contribution in [1.29, 1.82) is 0 Å². The van der Waals surface area contributed by atoms with Crippen LogP contribution < -0.4 is 15.8 Å². The smallest absolute Gasteiger partial charge is 0.250 e. The lowest BCUT2D eigenvalue weighted by atomic mass is 10.0. The highest BCUT2D eigenvalue weighted by Gasteiger charge is 2.20.